The van der Waals surface area contributed by atoms with Gasteiger partial charge in [0.05, 0.1) is 5.39 Å². The maximum absolute atomic E-state index is 12.8. The topological polar surface area (TPSA) is 52.0 Å². The van der Waals surface area contributed by atoms with Gasteiger partial charge in [0.15, 0.2) is 10.9 Å². The summed E-state index contributed by atoms with van der Waals surface area (Å²) in [6.07, 6.45) is 1.27. The van der Waals surface area contributed by atoms with Crippen LogP contribution in [0.15, 0.2) is 40.3 Å². The number of benzene rings is 1. The third-order valence-corrected chi connectivity index (χ3v) is 6.61. The van der Waals surface area contributed by atoms with Crippen LogP contribution in [-0.2, 0) is 6.54 Å². The molecule has 0 amide bonds. The first-order valence-electron chi connectivity index (χ1n) is 8.74. The van der Waals surface area contributed by atoms with E-state index in [2.05, 4.69) is 0 Å². The molecule has 3 rings (SSSR count). The van der Waals surface area contributed by atoms with E-state index >= 15 is 0 Å². The maximum atomic E-state index is 12.8. The van der Waals surface area contributed by atoms with E-state index < -0.39 is 0 Å². The van der Waals surface area contributed by atoms with Crippen molar-refractivity contribution in [3.8, 4) is 0 Å². The molecule has 0 aliphatic rings. The molecule has 0 fully saturated rings. The zero-order valence-electron chi connectivity index (χ0n) is 15.2. The van der Waals surface area contributed by atoms with Crippen molar-refractivity contribution in [2.24, 2.45) is 0 Å². The molecule has 6 heteroatoms. The monoisotopic (exact) mass is 386 g/mol. The first-order valence-corrected chi connectivity index (χ1v) is 10.5. The number of aryl methyl sites for hydroxylation is 2. The average molecular weight is 387 g/mol. The van der Waals surface area contributed by atoms with Crippen molar-refractivity contribution in [1.82, 2.24) is 9.55 Å². The highest BCUT2D eigenvalue weighted by atomic mass is 32.2. The number of Topliss-reactive ketones (excluding diaryl/α,β-unsaturated/α-hetero) is 1. The lowest BCUT2D eigenvalue weighted by atomic mass is 10.1. The Labute approximate surface area is 161 Å². The van der Waals surface area contributed by atoms with Crippen LogP contribution < -0.4 is 5.56 Å². The summed E-state index contributed by atoms with van der Waals surface area (Å²) in [5, 5.41) is 1.50. The molecule has 0 N–H and O–H groups in total. The van der Waals surface area contributed by atoms with Crippen molar-refractivity contribution in [1.29, 1.82) is 0 Å². The normalized spacial score (nSPS) is 11.2. The number of rotatable bonds is 7. The number of aromatic nitrogens is 2. The Morgan fingerprint density at radius 2 is 1.96 bits per heavy atom. The van der Waals surface area contributed by atoms with Crippen LogP contribution in [0.1, 0.15) is 40.6 Å². The van der Waals surface area contributed by atoms with E-state index in [4.69, 9.17) is 4.98 Å². The largest absolute Gasteiger partial charge is 0.294 e. The van der Waals surface area contributed by atoms with Gasteiger partial charge in [0.2, 0.25) is 0 Å². The molecule has 3 aromatic rings. The second kappa shape index (κ2) is 8.18. The molecular weight excluding hydrogens is 364 g/mol. The summed E-state index contributed by atoms with van der Waals surface area (Å²) < 4.78 is 1.74. The molecule has 0 bridgehead atoms. The number of hydrogen-bond acceptors (Lipinski definition) is 5. The Balaban J connectivity index is 1.71. The Bertz CT molecular complexity index is 990. The van der Waals surface area contributed by atoms with Gasteiger partial charge in [-0.25, -0.2) is 4.98 Å². The SMILES string of the molecule is CCn1c(SCCCC(=O)c2ccccc2)nc2sc(C)c(C)c2c1=O. The van der Waals surface area contributed by atoms with Gasteiger partial charge in [-0.3, -0.25) is 14.2 Å². The van der Waals surface area contributed by atoms with Gasteiger partial charge in [-0.2, -0.15) is 0 Å². The number of hydrogen-bond donors (Lipinski definition) is 0. The van der Waals surface area contributed by atoms with E-state index in [1.807, 2.05) is 51.1 Å². The fourth-order valence-electron chi connectivity index (χ4n) is 2.86. The number of carbonyl (C=O) groups excluding carboxylic acids is 1. The molecule has 0 saturated carbocycles. The van der Waals surface area contributed by atoms with Crippen LogP contribution in [0.2, 0.25) is 0 Å². The smallest absolute Gasteiger partial charge is 0.263 e. The summed E-state index contributed by atoms with van der Waals surface area (Å²) in [4.78, 5) is 31.7. The van der Waals surface area contributed by atoms with Crippen molar-refractivity contribution >= 4 is 39.1 Å². The lowest BCUT2D eigenvalue weighted by Crippen LogP contribution is -2.22. The van der Waals surface area contributed by atoms with Crippen LogP contribution in [0.5, 0.6) is 0 Å². The van der Waals surface area contributed by atoms with E-state index in [1.54, 1.807) is 27.7 Å². The molecule has 4 nitrogen and oxygen atoms in total. The minimum atomic E-state index is 0.0437. The van der Waals surface area contributed by atoms with E-state index in [0.29, 0.717) is 13.0 Å². The number of thiophene rings is 1. The third kappa shape index (κ3) is 3.76. The zero-order chi connectivity index (χ0) is 18.7. The summed E-state index contributed by atoms with van der Waals surface area (Å²) in [6.45, 7) is 6.58. The van der Waals surface area contributed by atoms with Gasteiger partial charge in [0.25, 0.3) is 5.56 Å². The van der Waals surface area contributed by atoms with E-state index in [1.165, 1.54) is 0 Å². The summed E-state index contributed by atoms with van der Waals surface area (Å²) >= 11 is 3.13. The molecule has 136 valence electrons. The Morgan fingerprint density at radius 1 is 1.23 bits per heavy atom. The van der Waals surface area contributed by atoms with E-state index in [-0.39, 0.29) is 11.3 Å². The Hall–Kier alpha value is -1.92. The standard InChI is InChI=1S/C20H22N2O2S2/c1-4-22-19(24)17-13(2)14(3)26-18(17)21-20(22)25-12-8-11-16(23)15-9-6-5-7-10-15/h5-7,9-10H,4,8,11-12H2,1-3H3. The quantitative estimate of drug-likeness (QED) is 0.252. The number of fused-ring (bicyclic) bond motifs is 1. The highest BCUT2D eigenvalue weighted by Gasteiger charge is 2.16. The summed E-state index contributed by atoms with van der Waals surface area (Å²) in [7, 11) is 0. The van der Waals surface area contributed by atoms with Crippen molar-refractivity contribution in [3.63, 3.8) is 0 Å². The molecule has 0 aliphatic carbocycles. The minimum absolute atomic E-state index is 0.0437. The van der Waals surface area contributed by atoms with Crippen molar-refractivity contribution in [3.05, 3.63) is 56.7 Å². The van der Waals surface area contributed by atoms with Gasteiger partial charge < -0.3 is 0 Å². The number of nitrogens with zero attached hydrogens (tertiary/aromatic N) is 2. The van der Waals surface area contributed by atoms with Crippen molar-refractivity contribution in [2.75, 3.05) is 5.75 Å². The van der Waals surface area contributed by atoms with Gasteiger partial charge in [0.1, 0.15) is 4.83 Å². The molecule has 26 heavy (non-hydrogen) atoms. The van der Waals surface area contributed by atoms with Gasteiger partial charge in [-0.15, -0.1) is 11.3 Å². The molecular formula is C20H22N2O2S2. The summed E-state index contributed by atoms with van der Waals surface area (Å²) in [6, 6.07) is 9.37. The van der Waals surface area contributed by atoms with Gasteiger partial charge >= 0.3 is 0 Å². The Kier molecular flexibility index (Phi) is 5.94. The highest BCUT2D eigenvalue weighted by molar-refractivity contribution is 7.99. The molecule has 0 spiro atoms. The molecule has 0 atom stereocenters. The van der Waals surface area contributed by atoms with Crippen LogP contribution in [0.4, 0.5) is 0 Å². The van der Waals surface area contributed by atoms with Crippen LogP contribution in [0, 0.1) is 13.8 Å². The number of thioether (sulfide) groups is 1. The fourth-order valence-corrected chi connectivity index (χ4v) is 4.93. The lowest BCUT2D eigenvalue weighted by Gasteiger charge is -2.10. The molecule has 2 aromatic heterocycles. The van der Waals surface area contributed by atoms with Gasteiger partial charge in [0, 0.05) is 29.2 Å². The third-order valence-electron chi connectivity index (χ3n) is 4.45. The molecule has 0 unspecified atom stereocenters. The second-order valence-corrected chi connectivity index (χ2v) is 8.41. The van der Waals surface area contributed by atoms with Crippen LogP contribution in [0.3, 0.4) is 0 Å². The predicted octanol–water partition coefficient (Wildman–Crippen LogP) is 4.85. The highest BCUT2D eigenvalue weighted by Crippen LogP contribution is 2.28. The molecule has 1 aromatic carbocycles. The van der Waals surface area contributed by atoms with Gasteiger partial charge in [-0.1, -0.05) is 42.1 Å². The van der Waals surface area contributed by atoms with Crippen LogP contribution >= 0.6 is 23.1 Å². The average Bonchev–Trinajstić information content (AvgIpc) is 2.93. The molecule has 0 radical (unpaired) electrons. The molecule has 0 saturated heterocycles. The summed E-state index contributed by atoms with van der Waals surface area (Å²) in [5.74, 6) is 0.923. The van der Waals surface area contributed by atoms with Crippen molar-refractivity contribution < 1.29 is 4.79 Å². The van der Waals surface area contributed by atoms with Gasteiger partial charge in [-0.05, 0) is 32.8 Å². The maximum Gasteiger partial charge on any atom is 0.263 e. The van der Waals surface area contributed by atoms with Crippen LogP contribution in [0.25, 0.3) is 10.2 Å². The van der Waals surface area contributed by atoms with E-state index in [9.17, 15) is 9.59 Å². The fraction of sp³-hybridized carbons (Fsp3) is 0.350. The molecule has 2 heterocycles. The first-order chi connectivity index (χ1) is 12.5. The number of ketones is 1. The second-order valence-electron chi connectivity index (χ2n) is 6.15. The van der Waals surface area contributed by atoms with Crippen molar-refractivity contribution in [2.45, 2.75) is 45.3 Å². The minimum Gasteiger partial charge on any atom is -0.294 e. The van der Waals surface area contributed by atoms with E-state index in [0.717, 1.165) is 43.6 Å². The first kappa shape index (κ1) is 18.9. The molecule has 0 aliphatic heterocycles. The van der Waals surface area contributed by atoms with Crippen LogP contribution in [-0.4, -0.2) is 21.1 Å². The predicted molar refractivity (Wildman–Crippen MR) is 110 cm³/mol. The number of carbonyl (C=O) groups is 1. The Morgan fingerprint density at radius 3 is 2.65 bits per heavy atom. The zero-order valence-corrected chi connectivity index (χ0v) is 16.9. The lowest BCUT2D eigenvalue weighted by molar-refractivity contribution is 0.0982. The summed E-state index contributed by atoms with van der Waals surface area (Å²) in [5.41, 5.74) is 1.84.